The number of hydrogen-bond donors (Lipinski definition) is 2. The molecule has 120 valence electrons. The molecule has 0 saturated carbocycles. The third-order valence-electron chi connectivity index (χ3n) is 4.87. The minimum absolute atomic E-state index is 0.0663. The van der Waals surface area contributed by atoms with E-state index in [1.54, 1.807) is 4.90 Å². The van der Waals surface area contributed by atoms with Crippen molar-refractivity contribution >= 4 is 12.0 Å². The van der Waals surface area contributed by atoms with E-state index in [1.807, 2.05) is 13.8 Å². The van der Waals surface area contributed by atoms with Crippen molar-refractivity contribution in [2.45, 2.75) is 51.6 Å². The predicted molar refractivity (Wildman–Crippen MR) is 80.2 cm³/mol. The zero-order valence-corrected chi connectivity index (χ0v) is 13.0. The molecule has 0 aromatic heterocycles. The van der Waals surface area contributed by atoms with Crippen LogP contribution >= 0.6 is 0 Å². The summed E-state index contributed by atoms with van der Waals surface area (Å²) in [6.45, 7) is 7.50. The second kappa shape index (κ2) is 7.11. The highest BCUT2D eigenvalue weighted by Crippen LogP contribution is 2.20. The summed E-state index contributed by atoms with van der Waals surface area (Å²) in [6, 6.07) is -0.581. The Balaban J connectivity index is 1.87. The van der Waals surface area contributed by atoms with Gasteiger partial charge in [0.1, 0.15) is 6.04 Å². The predicted octanol–water partition coefficient (Wildman–Crippen LogP) is 1.37. The molecule has 6 nitrogen and oxygen atoms in total. The lowest BCUT2D eigenvalue weighted by Gasteiger charge is -2.26. The average Bonchev–Trinajstić information content (AvgIpc) is 3.12. The van der Waals surface area contributed by atoms with Gasteiger partial charge < -0.3 is 15.3 Å². The number of amides is 2. The Bertz CT molecular complexity index is 382. The summed E-state index contributed by atoms with van der Waals surface area (Å²) in [5, 5.41) is 11.9. The number of likely N-dealkylation sites (tertiary alicyclic amines) is 2. The molecule has 2 fully saturated rings. The van der Waals surface area contributed by atoms with Gasteiger partial charge in [-0.3, -0.25) is 4.90 Å². The molecular formula is C15H27N3O3. The van der Waals surface area contributed by atoms with Crippen LogP contribution in [0.15, 0.2) is 0 Å². The molecule has 2 rings (SSSR count). The lowest BCUT2D eigenvalue weighted by atomic mass is 9.99. The van der Waals surface area contributed by atoms with E-state index in [4.69, 9.17) is 0 Å². The number of carbonyl (C=O) groups excluding carboxylic acids is 1. The van der Waals surface area contributed by atoms with E-state index in [1.165, 1.54) is 12.8 Å². The van der Waals surface area contributed by atoms with Gasteiger partial charge in [-0.15, -0.1) is 0 Å². The monoisotopic (exact) mass is 297 g/mol. The first-order valence-corrected chi connectivity index (χ1v) is 8.05. The molecule has 0 aromatic rings. The van der Waals surface area contributed by atoms with E-state index in [-0.39, 0.29) is 11.9 Å². The maximum Gasteiger partial charge on any atom is 0.326 e. The Morgan fingerprint density at radius 2 is 1.95 bits per heavy atom. The van der Waals surface area contributed by atoms with E-state index in [2.05, 4.69) is 10.2 Å². The zero-order valence-electron chi connectivity index (χ0n) is 13.0. The summed E-state index contributed by atoms with van der Waals surface area (Å²) in [5.74, 6) is -1.02. The Kier molecular flexibility index (Phi) is 5.45. The van der Waals surface area contributed by atoms with Crippen LogP contribution in [0.1, 0.15) is 39.5 Å². The first-order chi connectivity index (χ1) is 10.0. The Labute approximate surface area is 126 Å². The number of rotatable bonds is 5. The quantitative estimate of drug-likeness (QED) is 0.804. The third-order valence-corrected chi connectivity index (χ3v) is 4.87. The molecule has 0 spiro atoms. The lowest BCUT2D eigenvalue weighted by molar-refractivity contribution is -0.140. The van der Waals surface area contributed by atoms with Crippen molar-refractivity contribution in [1.82, 2.24) is 15.1 Å². The first-order valence-electron chi connectivity index (χ1n) is 8.05. The van der Waals surface area contributed by atoms with Gasteiger partial charge in [-0.2, -0.15) is 0 Å². The highest BCUT2D eigenvalue weighted by molar-refractivity contribution is 5.83. The Hall–Kier alpha value is -1.30. The summed E-state index contributed by atoms with van der Waals surface area (Å²) in [7, 11) is 0. The topological polar surface area (TPSA) is 72.9 Å². The van der Waals surface area contributed by atoms with Gasteiger partial charge in [-0.05, 0) is 38.3 Å². The van der Waals surface area contributed by atoms with Gasteiger partial charge in [0.15, 0.2) is 0 Å². The average molecular weight is 297 g/mol. The number of urea groups is 1. The van der Waals surface area contributed by atoms with Gasteiger partial charge in [-0.25, -0.2) is 9.59 Å². The molecule has 6 heteroatoms. The van der Waals surface area contributed by atoms with Gasteiger partial charge >= 0.3 is 12.0 Å². The number of nitrogens with one attached hydrogen (secondary N) is 1. The molecule has 21 heavy (non-hydrogen) atoms. The smallest absolute Gasteiger partial charge is 0.326 e. The number of hydrogen-bond acceptors (Lipinski definition) is 3. The largest absolute Gasteiger partial charge is 0.480 e. The summed E-state index contributed by atoms with van der Waals surface area (Å²) >= 11 is 0. The number of carbonyl (C=O) groups is 2. The maximum absolute atomic E-state index is 12.3. The minimum Gasteiger partial charge on any atom is -0.480 e. The van der Waals surface area contributed by atoms with Crippen LogP contribution in [0.3, 0.4) is 0 Å². The molecular weight excluding hydrogens is 270 g/mol. The summed E-state index contributed by atoms with van der Waals surface area (Å²) in [4.78, 5) is 27.8. The van der Waals surface area contributed by atoms with E-state index in [0.717, 1.165) is 39.0 Å². The molecule has 2 aliphatic rings. The fraction of sp³-hybridized carbons (Fsp3) is 0.867. The molecule has 2 aliphatic heterocycles. The summed E-state index contributed by atoms with van der Waals surface area (Å²) < 4.78 is 0. The molecule has 0 aromatic carbocycles. The van der Waals surface area contributed by atoms with Gasteiger partial charge in [0.05, 0.1) is 0 Å². The highest BCUT2D eigenvalue weighted by atomic mass is 16.4. The molecule has 2 N–H and O–H groups in total. The van der Waals surface area contributed by atoms with Crippen LogP contribution in [-0.2, 0) is 4.79 Å². The van der Waals surface area contributed by atoms with Crippen LogP contribution < -0.4 is 5.32 Å². The van der Waals surface area contributed by atoms with Gasteiger partial charge in [0, 0.05) is 19.1 Å². The number of aliphatic carboxylic acids is 1. The van der Waals surface area contributed by atoms with E-state index in [0.29, 0.717) is 6.04 Å². The summed E-state index contributed by atoms with van der Waals surface area (Å²) in [5.41, 5.74) is 0. The van der Waals surface area contributed by atoms with E-state index in [9.17, 15) is 14.7 Å². The van der Waals surface area contributed by atoms with Crippen LogP contribution in [0.25, 0.3) is 0 Å². The van der Waals surface area contributed by atoms with Crippen LogP contribution in [0.2, 0.25) is 0 Å². The Morgan fingerprint density at radius 1 is 1.29 bits per heavy atom. The third kappa shape index (κ3) is 3.87. The highest BCUT2D eigenvalue weighted by Gasteiger charge is 2.33. The van der Waals surface area contributed by atoms with Crippen molar-refractivity contribution in [1.29, 1.82) is 0 Å². The van der Waals surface area contributed by atoms with Crippen molar-refractivity contribution in [2.24, 2.45) is 5.92 Å². The molecule has 0 radical (unpaired) electrons. The molecule has 0 aliphatic carbocycles. The normalized spacial score (nSPS) is 25.8. The van der Waals surface area contributed by atoms with Gasteiger partial charge in [0.25, 0.3) is 0 Å². The second-order valence-electron chi connectivity index (χ2n) is 6.28. The van der Waals surface area contributed by atoms with E-state index < -0.39 is 12.0 Å². The lowest BCUT2D eigenvalue weighted by Crippen LogP contribution is -2.50. The molecule has 2 saturated heterocycles. The van der Waals surface area contributed by atoms with Crippen LogP contribution in [-0.4, -0.2) is 65.2 Å². The van der Waals surface area contributed by atoms with Crippen LogP contribution in [0, 0.1) is 5.92 Å². The first kappa shape index (κ1) is 16.1. The van der Waals surface area contributed by atoms with E-state index >= 15 is 0 Å². The van der Waals surface area contributed by atoms with Crippen molar-refractivity contribution in [3.63, 3.8) is 0 Å². The molecule has 0 bridgehead atoms. The minimum atomic E-state index is -0.951. The van der Waals surface area contributed by atoms with Crippen LogP contribution in [0.4, 0.5) is 4.79 Å². The fourth-order valence-corrected chi connectivity index (χ4v) is 3.24. The standard InChI is InChI=1S/C15H27N3O3/c1-3-11(2)13(14(19)20)16-15(21)18-9-6-12(10-18)17-7-4-5-8-17/h11-13H,3-10H2,1-2H3,(H,16,21)(H,19,20)/t11?,12?,13-/m0/s1. The van der Waals surface area contributed by atoms with Crippen LogP contribution in [0.5, 0.6) is 0 Å². The maximum atomic E-state index is 12.3. The molecule has 2 heterocycles. The number of carboxylic acid groups (broad SMARTS) is 1. The van der Waals surface area contributed by atoms with Crippen molar-refractivity contribution in [3.05, 3.63) is 0 Å². The Morgan fingerprint density at radius 3 is 2.52 bits per heavy atom. The van der Waals surface area contributed by atoms with Crippen molar-refractivity contribution in [3.8, 4) is 0 Å². The molecule has 3 atom stereocenters. The molecule has 2 unspecified atom stereocenters. The zero-order chi connectivity index (χ0) is 15.4. The summed E-state index contributed by atoms with van der Waals surface area (Å²) in [6.07, 6.45) is 4.22. The number of carboxylic acids is 1. The van der Waals surface area contributed by atoms with Gasteiger partial charge in [0.2, 0.25) is 0 Å². The van der Waals surface area contributed by atoms with Crippen molar-refractivity contribution < 1.29 is 14.7 Å². The van der Waals surface area contributed by atoms with Gasteiger partial charge in [-0.1, -0.05) is 20.3 Å². The number of nitrogens with zero attached hydrogens (tertiary/aromatic N) is 2. The fourth-order valence-electron chi connectivity index (χ4n) is 3.24. The van der Waals surface area contributed by atoms with Crippen molar-refractivity contribution in [2.75, 3.05) is 26.2 Å². The molecule has 2 amide bonds. The SMILES string of the molecule is CCC(C)[C@H](NC(=O)N1CCC(N2CCCC2)C1)C(=O)O. The second-order valence-corrected chi connectivity index (χ2v) is 6.28.